The van der Waals surface area contributed by atoms with Gasteiger partial charge in [0.25, 0.3) is 5.91 Å². The average Bonchev–Trinajstić information content (AvgIpc) is 3.01. The molecule has 0 fully saturated rings. The zero-order valence-electron chi connectivity index (χ0n) is 15.8. The van der Waals surface area contributed by atoms with E-state index in [0.717, 1.165) is 11.3 Å². The largest absolute Gasteiger partial charge is 0.388 e. The van der Waals surface area contributed by atoms with Gasteiger partial charge in [0, 0.05) is 12.2 Å². The van der Waals surface area contributed by atoms with Crippen LogP contribution < -0.4 is 5.32 Å². The number of hydrogen-bond donors (Lipinski definition) is 2. The Labute approximate surface area is 150 Å². The van der Waals surface area contributed by atoms with Crippen molar-refractivity contribution in [2.75, 3.05) is 6.54 Å². The highest BCUT2D eigenvalue weighted by Gasteiger charge is 2.23. The second kappa shape index (κ2) is 7.83. The van der Waals surface area contributed by atoms with Gasteiger partial charge >= 0.3 is 0 Å². The Morgan fingerprint density at radius 2 is 1.88 bits per heavy atom. The van der Waals surface area contributed by atoms with Gasteiger partial charge in [0.2, 0.25) is 0 Å². The molecule has 2 rings (SSSR count). The molecule has 2 aromatic rings. The molecule has 0 aliphatic carbocycles. The van der Waals surface area contributed by atoms with E-state index < -0.39 is 6.10 Å². The molecule has 1 aromatic heterocycles. The highest BCUT2D eigenvalue weighted by atomic mass is 16.3. The smallest absolute Gasteiger partial charge is 0.271 e. The first-order valence-corrected chi connectivity index (χ1v) is 8.82. The SMILES string of the molecule is CC(C)c1cc(C(=O)NCCC(O)c2ccccc2)nn1C(C)(C)C. The Bertz CT molecular complexity index is 699. The minimum Gasteiger partial charge on any atom is -0.388 e. The first-order valence-electron chi connectivity index (χ1n) is 8.82. The molecule has 1 amide bonds. The van der Waals surface area contributed by atoms with Gasteiger partial charge in [-0.1, -0.05) is 44.2 Å². The van der Waals surface area contributed by atoms with E-state index in [4.69, 9.17) is 0 Å². The number of amides is 1. The normalized spacial score (nSPS) is 13.1. The van der Waals surface area contributed by atoms with Gasteiger partial charge in [-0.15, -0.1) is 0 Å². The predicted molar refractivity (Wildman–Crippen MR) is 99.7 cm³/mol. The lowest BCUT2D eigenvalue weighted by Gasteiger charge is -2.23. The number of aromatic nitrogens is 2. The van der Waals surface area contributed by atoms with Crippen molar-refractivity contribution in [2.24, 2.45) is 0 Å². The average molecular weight is 343 g/mol. The molecule has 1 aromatic carbocycles. The Balaban J connectivity index is 1.99. The van der Waals surface area contributed by atoms with Gasteiger partial charge in [-0.2, -0.15) is 5.10 Å². The van der Waals surface area contributed by atoms with Gasteiger partial charge in [0.15, 0.2) is 0 Å². The van der Waals surface area contributed by atoms with Crippen molar-refractivity contribution in [1.29, 1.82) is 0 Å². The minimum absolute atomic E-state index is 0.179. The molecule has 0 bridgehead atoms. The van der Waals surface area contributed by atoms with Gasteiger partial charge in [-0.3, -0.25) is 9.48 Å². The predicted octanol–water partition coefficient (Wildman–Crippen LogP) is 3.62. The molecule has 136 valence electrons. The quantitative estimate of drug-likeness (QED) is 0.842. The number of aliphatic hydroxyl groups excluding tert-OH is 1. The van der Waals surface area contributed by atoms with Crippen LogP contribution >= 0.6 is 0 Å². The summed E-state index contributed by atoms with van der Waals surface area (Å²) in [6, 6.07) is 11.3. The maximum atomic E-state index is 12.4. The van der Waals surface area contributed by atoms with E-state index in [1.54, 1.807) is 0 Å². The highest BCUT2D eigenvalue weighted by Crippen LogP contribution is 2.23. The Morgan fingerprint density at radius 1 is 1.24 bits per heavy atom. The molecule has 1 atom stereocenters. The molecule has 2 N–H and O–H groups in total. The number of carbonyl (C=O) groups is 1. The number of nitrogens with zero attached hydrogens (tertiary/aromatic N) is 2. The van der Waals surface area contributed by atoms with Gasteiger partial charge in [-0.05, 0) is 44.7 Å². The number of carbonyl (C=O) groups excluding carboxylic acids is 1. The molecule has 5 nitrogen and oxygen atoms in total. The van der Waals surface area contributed by atoms with Crippen molar-refractivity contribution >= 4 is 5.91 Å². The van der Waals surface area contributed by atoms with Crippen LogP contribution in [0.5, 0.6) is 0 Å². The van der Waals surface area contributed by atoms with Crippen molar-refractivity contribution in [3.05, 3.63) is 53.3 Å². The lowest BCUT2D eigenvalue weighted by molar-refractivity contribution is 0.0936. The van der Waals surface area contributed by atoms with Gasteiger partial charge in [-0.25, -0.2) is 0 Å². The minimum atomic E-state index is -0.583. The molecule has 0 saturated carbocycles. The molecule has 0 aliphatic heterocycles. The van der Waals surface area contributed by atoms with E-state index >= 15 is 0 Å². The fourth-order valence-corrected chi connectivity index (χ4v) is 2.71. The summed E-state index contributed by atoms with van der Waals surface area (Å²) < 4.78 is 1.92. The van der Waals surface area contributed by atoms with E-state index in [2.05, 4.69) is 45.0 Å². The van der Waals surface area contributed by atoms with Crippen LogP contribution in [-0.2, 0) is 5.54 Å². The molecule has 0 radical (unpaired) electrons. The van der Waals surface area contributed by atoms with Gasteiger partial charge in [0.1, 0.15) is 5.69 Å². The van der Waals surface area contributed by atoms with E-state index in [0.29, 0.717) is 18.7 Å². The third kappa shape index (κ3) is 4.92. The maximum absolute atomic E-state index is 12.4. The number of benzene rings is 1. The van der Waals surface area contributed by atoms with Crippen molar-refractivity contribution in [3.8, 4) is 0 Å². The summed E-state index contributed by atoms with van der Waals surface area (Å²) in [4.78, 5) is 12.4. The summed E-state index contributed by atoms with van der Waals surface area (Å²) >= 11 is 0. The second-order valence-corrected chi connectivity index (χ2v) is 7.66. The number of rotatable bonds is 6. The summed E-state index contributed by atoms with van der Waals surface area (Å²) in [7, 11) is 0. The van der Waals surface area contributed by atoms with Crippen LogP contribution in [0.2, 0.25) is 0 Å². The van der Waals surface area contributed by atoms with Crippen LogP contribution in [0.3, 0.4) is 0 Å². The summed E-state index contributed by atoms with van der Waals surface area (Å²) in [5.41, 5.74) is 2.15. The Morgan fingerprint density at radius 3 is 2.40 bits per heavy atom. The van der Waals surface area contributed by atoms with E-state index in [1.165, 1.54) is 0 Å². The maximum Gasteiger partial charge on any atom is 0.271 e. The summed E-state index contributed by atoms with van der Waals surface area (Å²) in [5.74, 6) is 0.0818. The molecule has 0 aliphatic rings. The molecular formula is C20H29N3O2. The first kappa shape index (κ1) is 19.2. The molecular weight excluding hydrogens is 314 g/mol. The Kier molecular flexibility index (Phi) is 6.01. The lowest BCUT2D eigenvalue weighted by atomic mass is 10.1. The van der Waals surface area contributed by atoms with Gasteiger partial charge < -0.3 is 10.4 Å². The van der Waals surface area contributed by atoms with Crippen LogP contribution in [-0.4, -0.2) is 27.3 Å². The third-order valence-corrected chi connectivity index (χ3v) is 4.08. The molecule has 0 saturated heterocycles. The summed E-state index contributed by atoms with van der Waals surface area (Å²) in [6.45, 7) is 10.8. The van der Waals surface area contributed by atoms with Crippen molar-refractivity contribution in [1.82, 2.24) is 15.1 Å². The first-order chi connectivity index (χ1) is 11.7. The van der Waals surface area contributed by atoms with Crippen molar-refractivity contribution < 1.29 is 9.90 Å². The molecule has 0 spiro atoms. The van der Waals surface area contributed by atoms with E-state index in [9.17, 15) is 9.90 Å². The van der Waals surface area contributed by atoms with Crippen LogP contribution in [0.1, 0.15) is 74.8 Å². The van der Waals surface area contributed by atoms with Crippen LogP contribution in [0, 0.1) is 0 Å². The van der Waals surface area contributed by atoms with Crippen molar-refractivity contribution in [2.45, 2.75) is 58.6 Å². The topological polar surface area (TPSA) is 67.2 Å². The number of aliphatic hydroxyl groups is 1. The summed E-state index contributed by atoms with van der Waals surface area (Å²) in [5, 5.41) is 17.5. The van der Waals surface area contributed by atoms with E-state index in [1.807, 2.05) is 41.1 Å². The highest BCUT2D eigenvalue weighted by molar-refractivity contribution is 5.92. The van der Waals surface area contributed by atoms with Crippen LogP contribution in [0.15, 0.2) is 36.4 Å². The summed E-state index contributed by atoms with van der Waals surface area (Å²) in [6.07, 6.45) is -0.118. The number of hydrogen-bond acceptors (Lipinski definition) is 3. The van der Waals surface area contributed by atoms with Gasteiger partial charge in [0.05, 0.1) is 11.6 Å². The van der Waals surface area contributed by atoms with Crippen LogP contribution in [0.4, 0.5) is 0 Å². The molecule has 1 heterocycles. The zero-order valence-corrected chi connectivity index (χ0v) is 15.8. The fraction of sp³-hybridized carbons (Fsp3) is 0.500. The molecule has 1 unspecified atom stereocenters. The van der Waals surface area contributed by atoms with Crippen LogP contribution in [0.25, 0.3) is 0 Å². The van der Waals surface area contributed by atoms with Crippen molar-refractivity contribution in [3.63, 3.8) is 0 Å². The fourth-order valence-electron chi connectivity index (χ4n) is 2.71. The number of nitrogens with one attached hydrogen (secondary N) is 1. The second-order valence-electron chi connectivity index (χ2n) is 7.66. The molecule has 5 heteroatoms. The standard InChI is InChI=1S/C20H29N3O2/c1-14(2)17-13-16(22-23(17)20(3,4)5)19(25)21-12-11-18(24)15-9-7-6-8-10-15/h6-10,13-14,18,24H,11-12H2,1-5H3,(H,21,25). The lowest BCUT2D eigenvalue weighted by Crippen LogP contribution is -2.28. The third-order valence-electron chi connectivity index (χ3n) is 4.08. The monoisotopic (exact) mass is 343 g/mol. The molecule has 25 heavy (non-hydrogen) atoms. The Hall–Kier alpha value is -2.14. The zero-order chi connectivity index (χ0) is 18.6. The van der Waals surface area contributed by atoms with E-state index in [-0.39, 0.29) is 17.4 Å².